The smallest absolute Gasteiger partial charge is 0.410 e. The van der Waals surface area contributed by atoms with Gasteiger partial charge in [0.1, 0.15) is 30.7 Å². The number of ether oxygens (including phenoxy) is 1. The number of rotatable bonds is 20. The summed E-state index contributed by atoms with van der Waals surface area (Å²) >= 11 is 0. The molecule has 4 aromatic rings. The van der Waals surface area contributed by atoms with E-state index in [0.29, 0.717) is 79.9 Å². The second-order valence-electron chi connectivity index (χ2n) is 17.5. The van der Waals surface area contributed by atoms with Crippen molar-refractivity contribution < 1.29 is 42.7 Å². The lowest BCUT2D eigenvalue weighted by Crippen LogP contribution is -2.51. The first-order valence-electron chi connectivity index (χ1n) is 22.8. The number of fused-ring (bicyclic) bond motifs is 1. The lowest BCUT2D eigenvalue weighted by atomic mass is 9.98. The number of hydrogen-bond acceptors (Lipinski definition) is 12. The Morgan fingerprint density at radius 3 is 2.21 bits per heavy atom. The molecule has 3 N–H and O–H groups in total. The van der Waals surface area contributed by atoms with Gasteiger partial charge >= 0.3 is 6.09 Å². The average Bonchev–Trinajstić information content (AvgIpc) is 3.90. The van der Waals surface area contributed by atoms with E-state index in [2.05, 4.69) is 26.3 Å². The van der Waals surface area contributed by atoms with Crippen LogP contribution in [0.1, 0.15) is 101 Å². The van der Waals surface area contributed by atoms with Crippen LogP contribution in [0.25, 0.3) is 10.9 Å². The van der Waals surface area contributed by atoms with Crippen molar-refractivity contribution in [3.8, 4) is 0 Å². The van der Waals surface area contributed by atoms with Gasteiger partial charge in [-0.15, -0.1) is 5.10 Å². The Kier molecular flexibility index (Phi) is 16.6. The second-order valence-corrected chi connectivity index (χ2v) is 17.5. The van der Waals surface area contributed by atoms with E-state index >= 15 is 4.39 Å². The molecule has 2 aromatic carbocycles. The zero-order chi connectivity index (χ0) is 48.4. The highest BCUT2D eigenvalue weighted by Gasteiger charge is 2.31. The maximum Gasteiger partial charge on any atom is 0.410 e. The zero-order valence-corrected chi connectivity index (χ0v) is 38.6. The number of hydrogen-bond donors (Lipinski definition) is 3. The monoisotopic (exact) mass is 926 g/mol. The summed E-state index contributed by atoms with van der Waals surface area (Å²) in [5.74, 6) is -2.26. The van der Waals surface area contributed by atoms with Crippen molar-refractivity contribution in [1.82, 2.24) is 40.0 Å². The lowest BCUT2D eigenvalue weighted by Gasteiger charge is -2.35. The molecule has 6 rings (SSSR count). The van der Waals surface area contributed by atoms with Crippen molar-refractivity contribution >= 4 is 64.2 Å². The second kappa shape index (κ2) is 22.5. The van der Waals surface area contributed by atoms with Crippen LogP contribution in [0.2, 0.25) is 0 Å². The van der Waals surface area contributed by atoms with E-state index in [1.807, 2.05) is 39.5 Å². The number of likely N-dealkylation sites (tertiary alicyclic amines) is 1. The number of pyridine rings is 1. The number of anilines is 2. The van der Waals surface area contributed by atoms with Crippen molar-refractivity contribution in [3.05, 3.63) is 81.7 Å². The predicted molar refractivity (Wildman–Crippen MR) is 245 cm³/mol. The van der Waals surface area contributed by atoms with E-state index in [-0.39, 0.29) is 97.8 Å². The molecule has 2 saturated heterocycles. The Labute approximate surface area is 387 Å². The van der Waals surface area contributed by atoms with E-state index in [0.717, 1.165) is 0 Å². The molecular formula is C47H59FN10O9. The number of halogens is 1. The van der Waals surface area contributed by atoms with Crippen LogP contribution < -0.4 is 26.3 Å². The molecule has 2 aromatic heterocycles. The molecule has 20 heteroatoms. The van der Waals surface area contributed by atoms with Gasteiger partial charge in [0.15, 0.2) is 11.7 Å². The molecule has 2 fully saturated rings. The summed E-state index contributed by atoms with van der Waals surface area (Å²) in [7, 11) is 0. The van der Waals surface area contributed by atoms with Gasteiger partial charge in [0.2, 0.25) is 29.5 Å². The van der Waals surface area contributed by atoms with Gasteiger partial charge in [-0.25, -0.2) is 13.9 Å². The van der Waals surface area contributed by atoms with Crippen molar-refractivity contribution in [1.29, 1.82) is 0 Å². The molecular weight excluding hydrogens is 868 g/mol. The Bertz CT molecular complexity index is 2520. The molecule has 1 unspecified atom stereocenters. The summed E-state index contributed by atoms with van der Waals surface area (Å²) in [6.45, 7) is 11.2. The molecule has 0 bridgehead atoms. The summed E-state index contributed by atoms with van der Waals surface area (Å²) in [4.78, 5) is 105. The number of benzene rings is 2. The zero-order valence-electron chi connectivity index (χ0n) is 38.6. The van der Waals surface area contributed by atoms with Crippen molar-refractivity contribution in [2.45, 2.75) is 105 Å². The first-order chi connectivity index (χ1) is 32.1. The lowest BCUT2D eigenvalue weighted by molar-refractivity contribution is -0.138. The van der Waals surface area contributed by atoms with Crippen LogP contribution in [0.5, 0.6) is 0 Å². The fraction of sp³-hybridized carbons (Fsp3) is 0.489. The average molecular weight is 927 g/mol. The molecule has 19 nitrogen and oxygen atoms in total. The number of nitrogens with one attached hydrogen (secondary N) is 3. The van der Waals surface area contributed by atoms with Crippen LogP contribution in [-0.2, 0) is 48.4 Å². The summed E-state index contributed by atoms with van der Waals surface area (Å²) in [5.41, 5.74) is 1.89. The molecule has 0 saturated carbocycles. The molecule has 2 aliphatic heterocycles. The number of unbranched alkanes of at least 4 members (excludes halogenated alkanes) is 2. The summed E-state index contributed by atoms with van der Waals surface area (Å²) < 4.78 is 24.0. The van der Waals surface area contributed by atoms with E-state index in [1.165, 1.54) is 26.7 Å². The Morgan fingerprint density at radius 1 is 0.866 bits per heavy atom. The number of carbonyl (C=O) groups excluding carboxylic acids is 7. The quantitative estimate of drug-likeness (QED) is 0.0640. The van der Waals surface area contributed by atoms with Crippen LogP contribution in [0, 0.1) is 17.7 Å². The van der Waals surface area contributed by atoms with Gasteiger partial charge in [-0.2, -0.15) is 0 Å². The standard InChI is InChI=1S/C47H59FN10O9/c1-6-54-24-32(27-59)45(64)34-22-35(48)38(23-37(34)54)55-18-20-56(21-19-55)47(66)67-28-31-11-13-33(14-12-31)49-40(61)26-57-25-36(52-53-57)43(29(2)3)51-46(65)44(30(4)5)50-39(60)10-8-7-9-17-58-41(62)15-16-42(58)63/h11-14,22-25,27,29-30,43-44H,6-10,15-21,26,28H2,1-5H3,(H,49,61)(H,50,60)(H,51,65)/t43?,44-/m1/s1. The first-order valence-corrected chi connectivity index (χ1v) is 22.8. The number of amides is 6. The van der Waals surface area contributed by atoms with Gasteiger partial charge in [-0.3, -0.25) is 38.5 Å². The maximum atomic E-state index is 15.3. The fourth-order valence-electron chi connectivity index (χ4n) is 8.15. The number of aromatic nitrogens is 4. The van der Waals surface area contributed by atoms with Crippen molar-refractivity contribution in [3.63, 3.8) is 0 Å². The molecule has 2 aliphatic rings. The molecule has 0 aliphatic carbocycles. The van der Waals surface area contributed by atoms with Gasteiger partial charge < -0.3 is 35.1 Å². The molecule has 0 spiro atoms. The minimum Gasteiger partial charge on any atom is -0.445 e. The molecule has 358 valence electrons. The highest BCUT2D eigenvalue weighted by molar-refractivity contribution is 6.02. The normalized spacial score (nSPS) is 15.0. The van der Waals surface area contributed by atoms with Crippen LogP contribution >= 0.6 is 0 Å². The van der Waals surface area contributed by atoms with E-state index < -0.39 is 29.4 Å². The third-order valence-corrected chi connectivity index (χ3v) is 12.0. The molecule has 2 atom stereocenters. The van der Waals surface area contributed by atoms with Gasteiger partial charge in [0.25, 0.3) is 0 Å². The number of imide groups is 1. The number of carbonyl (C=O) groups is 7. The Morgan fingerprint density at radius 2 is 1.57 bits per heavy atom. The summed E-state index contributed by atoms with van der Waals surface area (Å²) in [6, 6.07) is 8.21. The molecule has 67 heavy (non-hydrogen) atoms. The Hall–Kier alpha value is -6.99. The fourth-order valence-corrected chi connectivity index (χ4v) is 8.15. The first kappa shape index (κ1) is 49.4. The van der Waals surface area contributed by atoms with Crippen LogP contribution in [-0.4, -0.2) is 110 Å². The van der Waals surface area contributed by atoms with Gasteiger partial charge in [0.05, 0.1) is 29.0 Å². The van der Waals surface area contributed by atoms with E-state index in [1.54, 1.807) is 41.1 Å². The topological polar surface area (TPSA) is 227 Å². The number of piperazine rings is 1. The summed E-state index contributed by atoms with van der Waals surface area (Å²) in [6.07, 6.45) is 5.52. The Balaban J connectivity index is 0.928. The van der Waals surface area contributed by atoms with Gasteiger partial charge in [-0.1, -0.05) is 51.5 Å². The SMILES string of the molecule is CCn1cc(C=O)c(=O)c2cc(F)c(N3CCN(C(=O)OCc4ccc(NC(=O)Cn5cc(C(NC(=O)[C@H](NC(=O)CCCCCN6C(=O)CCC6=O)C(C)C)C(C)C)nn5)cc4)CC3)cc21. The van der Waals surface area contributed by atoms with Gasteiger partial charge in [0, 0.05) is 75.8 Å². The van der Waals surface area contributed by atoms with Crippen LogP contribution in [0.3, 0.4) is 0 Å². The number of aryl methyl sites for hydroxylation is 1. The molecule has 0 radical (unpaired) electrons. The van der Waals surface area contributed by atoms with Crippen molar-refractivity contribution in [2.75, 3.05) is 42.9 Å². The maximum absolute atomic E-state index is 15.3. The third-order valence-electron chi connectivity index (χ3n) is 12.0. The van der Waals surface area contributed by atoms with E-state index in [9.17, 15) is 38.4 Å². The van der Waals surface area contributed by atoms with Crippen LogP contribution in [0.15, 0.2) is 53.6 Å². The highest BCUT2D eigenvalue weighted by Crippen LogP contribution is 2.27. The third kappa shape index (κ3) is 12.5. The number of aldehydes is 1. The summed E-state index contributed by atoms with van der Waals surface area (Å²) in [5, 5.41) is 17.1. The number of nitrogens with zero attached hydrogens (tertiary/aromatic N) is 7. The minimum absolute atomic E-state index is 0.0157. The van der Waals surface area contributed by atoms with Crippen molar-refractivity contribution in [2.24, 2.45) is 11.8 Å². The van der Waals surface area contributed by atoms with E-state index in [4.69, 9.17) is 4.74 Å². The highest BCUT2D eigenvalue weighted by atomic mass is 19.1. The largest absolute Gasteiger partial charge is 0.445 e. The molecule has 6 amide bonds. The minimum atomic E-state index is -0.808. The van der Waals surface area contributed by atoms with Crippen LogP contribution in [0.4, 0.5) is 20.6 Å². The molecule has 4 heterocycles. The predicted octanol–water partition coefficient (Wildman–Crippen LogP) is 4.33. The van der Waals surface area contributed by atoms with Gasteiger partial charge in [-0.05, 0) is 61.4 Å².